The number of ether oxygens (including phenoxy) is 2. The lowest BCUT2D eigenvalue weighted by atomic mass is 10.1. The van der Waals surface area contributed by atoms with Gasteiger partial charge in [-0.25, -0.2) is 4.39 Å². The number of quaternary nitrogens is 1. The fourth-order valence-electron chi connectivity index (χ4n) is 3.10. The van der Waals surface area contributed by atoms with Crippen molar-refractivity contribution in [3.8, 4) is 11.5 Å². The molecule has 0 aromatic heterocycles. The molecule has 1 amide bonds. The zero-order valence-corrected chi connectivity index (χ0v) is 16.0. The van der Waals surface area contributed by atoms with Gasteiger partial charge in [0, 0.05) is 10.6 Å². The minimum Gasteiger partial charge on any atom is -0.494 e. The van der Waals surface area contributed by atoms with E-state index in [4.69, 9.17) is 21.1 Å². The third-order valence-corrected chi connectivity index (χ3v) is 4.95. The van der Waals surface area contributed by atoms with E-state index in [9.17, 15) is 9.18 Å². The van der Waals surface area contributed by atoms with Crippen molar-refractivity contribution in [1.82, 2.24) is 4.90 Å². The van der Waals surface area contributed by atoms with Gasteiger partial charge in [-0.1, -0.05) is 11.6 Å². The third kappa shape index (κ3) is 5.11. The Morgan fingerprint density at radius 2 is 1.89 bits per heavy atom. The van der Waals surface area contributed by atoms with Gasteiger partial charge in [-0.05, 0) is 42.5 Å². The first-order valence-electron chi connectivity index (χ1n) is 8.91. The zero-order chi connectivity index (χ0) is 19.2. The number of methoxy groups -OCH3 is 1. The number of hydrogen-bond donors (Lipinski definition) is 1. The summed E-state index contributed by atoms with van der Waals surface area (Å²) in [5.41, 5.74) is 0.350. The van der Waals surface area contributed by atoms with Gasteiger partial charge < -0.3 is 19.3 Å². The molecule has 0 atom stereocenters. The van der Waals surface area contributed by atoms with Gasteiger partial charge in [0.15, 0.2) is 11.6 Å². The molecule has 1 heterocycles. The third-order valence-electron chi connectivity index (χ3n) is 4.69. The second-order valence-corrected chi connectivity index (χ2v) is 6.88. The van der Waals surface area contributed by atoms with E-state index in [-0.39, 0.29) is 11.7 Å². The van der Waals surface area contributed by atoms with Gasteiger partial charge in [-0.2, -0.15) is 0 Å². The second kappa shape index (κ2) is 9.06. The molecule has 1 aliphatic heterocycles. The van der Waals surface area contributed by atoms with E-state index in [1.165, 1.54) is 24.1 Å². The van der Waals surface area contributed by atoms with Crippen molar-refractivity contribution in [2.75, 3.05) is 46.4 Å². The fourth-order valence-corrected chi connectivity index (χ4v) is 3.23. The second-order valence-electron chi connectivity index (χ2n) is 6.44. The van der Waals surface area contributed by atoms with Crippen LogP contribution in [0.1, 0.15) is 10.4 Å². The number of piperazine rings is 1. The van der Waals surface area contributed by atoms with Crippen LogP contribution in [0.2, 0.25) is 5.02 Å². The first-order valence-corrected chi connectivity index (χ1v) is 9.29. The van der Waals surface area contributed by atoms with Crippen LogP contribution in [0.25, 0.3) is 0 Å². The average molecular weight is 394 g/mol. The molecule has 0 spiro atoms. The highest BCUT2D eigenvalue weighted by Crippen LogP contribution is 2.19. The Morgan fingerprint density at radius 3 is 2.52 bits per heavy atom. The fraction of sp³-hybridized carbons (Fsp3) is 0.350. The van der Waals surface area contributed by atoms with Crippen LogP contribution >= 0.6 is 11.6 Å². The van der Waals surface area contributed by atoms with Crippen molar-refractivity contribution < 1.29 is 23.6 Å². The van der Waals surface area contributed by atoms with Crippen LogP contribution in [0.5, 0.6) is 11.5 Å². The van der Waals surface area contributed by atoms with E-state index in [0.29, 0.717) is 30.3 Å². The van der Waals surface area contributed by atoms with Crippen LogP contribution in [0.4, 0.5) is 4.39 Å². The van der Waals surface area contributed by atoms with Gasteiger partial charge >= 0.3 is 0 Å². The number of benzene rings is 2. The summed E-state index contributed by atoms with van der Waals surface area (Å²) in [6.07, 6.45) is 0. The Kier molecular flexibility index (Phi) is 6.53. The number of nitrogens with one attached hydrogen (secondary N) is 1. The normalized spacial score (nSPS) is 14.9. The molecule has 0 unspecified atom stereocenters. The molecular weight excluding hydrogens is 371 g/mol. The number of amides is 1. The molecular formula is C20H23ClFN2O3+. The summed E-state index contributed by atoms with van der Waals surface area (Å²) in [6, 6.07) is 11.6. The highest BCUT2D eigenvalue weighted by molar-refractivity contribution is 6.30. The van der Waals surface area contributed by atoms with E-state index in [1.54, 1.807) is 23.1 Å². The lowest BCUT2D eigenvalue weighted by molar-refractivity contribution is -0.903. The smallest absolute Gasteiger partial charge is 0.254 e. The molecule has 1 aliphatic rings. The van der Waals surface area contributed by atoms with Gasteiger partial charge in [0.05, 0.1) is 33.3 Å². The Morgan fingerprint density at radius 1 is 1.19 bits per heavy atom. The van der Waals surface area contributed by atoms with E-state index >= 15 is 0 Å². The first-order chi connectivity index (χ1) is 13.1. The van der Waals surface area contributed by atoms with Crippen LogP contribution in [0.15, 0.2) is 42.5 Å². The maximum atomic E-state index is 13.8. The van der Waals surface area contributed by atoms with Crippen molar-refractivity contribution in [2.24, 2.45) is 0 Å². The highest BCUT2D eigenvalue weighted by atomic mass is 35.5. The summed E-state index contributed by atoms with van der Waals surface area (Å²) in [6.45, 7) is 4.44. The van der Waals surface area contributed by atoms with Gasteiger partial charge in [-0.3, -0.25) is 4.79 Å². The number of nitrogens with zero attached hydrogens (tertiary/aromatic N) is 1. The topological polar surface area (TPSA) is 43.2 Å². The Bertz CT molecular complexity index is 777. The zero-order valence-electron chi connectivity index (χ0n) is 15.2. The quantitative estimate of drug-likeness (QED) is 0.815. The summed E-state index contributed by atoms with van der Waals surface area (Å²) in [5.74, 6) is 0.274. The molecule has 2 aromatic carbocycles. The molecule has 1 N–H and O–H groups in total. The Labute approximate surface area is 163 Å². The highest BCUT2D eigenvalue weighted by Gasteiger charge is 2.25. The van der Waals surface area contributed by atoms with E-state index in [0.717, 1.165) is 25.4 Å². The van der Waals surface area contributed by atoms with Crippen LogP contribution < -0.4 is 14.4 Å². The predicted octanol–water partition coefficient (Wildman–Crippen LogP) is 1.91. The van der Waals surface area contributed by atoms with Crippen molar-refractivity contribution in [3.63, 3.8) is 0 Å². The van der Waals surface area contributed by atoms with Gasteiger partial charge in [-0.15, -0.1) is 0 Å². The Hall–Kier alpha value is -2.31. The van der Waals surface area contributed by atoms with Crippen molar-refractivity contribution in [1.29, 1.82) is 0 Å². The summed E-state index contributed by atoms with van der Waals surface area (Å²) in [4.78, 5) is 15.7. The minimum absolute atomic E-state index is 0.140. The molecule has 1 fully saturated rings. The van der Waals surface area contributed by atoms with Gasteiger partial charge in [0.25, 0.3) is 5.91 Å². The van der Waals surface area contributed by atoms with Gasteiger partial charge in [0.2, 0.25) is 0 Å². The van der Waals surface area contributed by atoms with Gasteiger partial charge in [0.1, 0.15) is 18.9 Å². The SMILES string of the molecule is COc1ccc(C(=O)N2CC[NH+](CCOc3ccc(Cl)cc3)CC2)cc1F. The summed E-state index contributed by atoms with van der Waals surface area (Å²) in [7, 11) is 1.40. The number of hydrogen-bond acceptors (Lipinski definition) is 3. The average Bonchev–Trinajstić information content (AvgIpc) is 2.69. The van der Waals surface area contributed by atoms with Crippen molar-refractivity contribution in [3.05, 3.63) is 58.9 Å². The molecule has 7 heteroatoms. The monoisotopic (exact) mass is 393 g/mol. The summed E-state index contributed by atoms with van der Waals surface area (Å²) < 4.78 is 24.4. The van der Waals surface area contributed by atoms with Crippen molar-refractivity contribution >= 4 is 17.5 Å². The lowest BCUT2D eigenvalue weighted by Crippen LogP contribution is -3.15. The molecule has 144 valence electrons. The number of carbonyl (C=O) groups excluding carboxylic acids is 1. The lowest BCUT2D eigenvalue weighted by Gasteiger charge is -2.32. The van der Waals surface area contributed by atoms with E-state index < -0.39 is 5.82 Å². The van der Waals surface area contributed by atoms with E-state index in [2.05, 4.69) is 0 Å². The maximum absolute atomic E-state index is 13.8. The maximum Gasteiger partial charge on any atom is 0.254 e. The molecule has 0 saturated carbocycles. The largest absolute Gasteiger partial charge is 0.494 e. The van der Waals surface area contributed by atoms with Crippen LogP contribution in [0.3, 0.4) is 0 Å². The first kappa shape index (κ1) is 19.5. The molecule has 27 heavy (non-hydrogen) atoms. The molecule has 2 aromatic rings. The number of halogens is 2. The van der Waals surface area contributed by atoms with E-state index in [1.807, 2.05) is 12.1 Å². The summed E-state index contributed by atoms with van der Waals surface area (Å²) >= 11 is 5.86. The van der Waals surface area contributed by atoms with Crippen LogP contribution in [-0.4, -0.2) is 57.2 Å². The predicted molar refractivity (Wildman–Crippen MR) is 101 cm³/mol. The standard InChI is InChI=1S/C20H22ClFN2O3/c1-26-19-7-2-15(14-18(19)22)20(25)24-10-8-23(9-11-24)12-13-27-17-5-3-16(21)4-6-17/h2-7,14H,8-13H2,1H3/p+1. The molecule has 0 bridgehead atoms. The van der Waals surface area contributed by atoms with Crippen LogP contribution in [-0.2, 0) is 0 Å². The summed E-state index contributed by atoms with van der Waals surface area (Å²) in [5, 5.41) is 0.686. The number of rotatable bonds is 6. The minimum atomic E-state index is -0.521. The molecule has 0 radical (unpaired) electrons. The molecule has 3 rings (SSSR count). The van der Waals surface area contributed by atoms with Crippen molar-refractivity contribution in [2.45, 2.75) is 0 Å². The number of carbonyl (C=O) groups is 1. The Balaban J connectivity index is 1.44. The molecule has 0 aliphatic carbocycles. The molecule has 1 saturated heterocycles. The molecule has 5 nitrogen and oxygen atoms in total. The van der Waals surface area contributed by atoms with Crippen LogP contribution in [0, 0.1) is 5.82 Å².